The number of carbonyl (C=O) groups is 1. The predicted octanol–water partition coefficient (Wildman–Crippen LogP) is 4.56. The highest BCUT2D eigenvalue weighted by Gasteiger charge is 2.28. The third-order valence-electron chi connectivity index (χ3n) is 4.51. The lowest BCUT2D eigenvalue weighted by Crippen LogP contribution is -2.32. The monoisotopic (exact) mass is 329 g/mol. The summed E-state index contributed by atoms with van der Waals surface area (Å²) in [6.45, 7) is 0.526. The van der Waals surface area contributed by atoms with Crippen LogP contribution in [-0.4, -0.2) is 13.0 Å². The highest BCUT2D eigenvalue weighted by molar-refractivity contribution is 7.10. The molecule has 1 N–H and O–H groups in total. The molecule has 3 rings (SSSR count). The van der Waals surface area contributed by atoms with Crippen LogP contribution in [0.2, 0.25) is 0 Å². The summed E-state index contributed by atoms with van der Waals surface area (Å²) in [5.41, 5.74) is 1.73. The van der Waals surface area contributed by atoms with E-state index in [4.69, 9.17) is 4.74 Å². The van der Waals surface area contributed by atoms with Gasteiger partial charge in [0.15, 0.2) is 0 Å². The molecule has 3 nitrogen and oxygen atoms in total. The molecule has 23 heavy (non-hydrogen) atoms. The number of benzene rings is 1. The van der Waals surface area contributed by atoms with Crippen molar-refractivity contribution < 1.29 is 9.53 Å². The van der Waals surface area contributed by atoms with Crippen molar-refractivity contribution in [1.29, 1.82) is 0 Å². The maximum absolute atomic E-state index is 12.7. The molecular formula is C19H23NO2S. The van der Waals surface area contributed by atoms with Gasteiger partial charge in [-0.15, -0.1) is 11.3 Å². The first kappa shape index (κ1) is 16.2. The number of thiophene rings is 1. The van der Waals surface area contributed by atoms with E-state index in [0.29, 0.717) is 18.1 Å². The molecule has 2 aromatic rings. The van der Waals surface area contributed by atoms with Gasteiger partial charge in [0.2, 0.25) is 0 Å². The summed E-state index contributed by atoms with van der Waals surface area (Å²) in [6, 6.07) is 12.0. The zero-order valence-electron chi connectivity index (χ0n) is 13.5. The molecule has 0 bridgehead atoms. The van der Waals surface area contributed by atoms with Gasteiger partial charge in [0.1, 0.15) is 0 Å². The number of amides is 1. The van der Waals surface area contributed by atoms with Crippen LogP contribution >= 0.6 is 11.3 Å². The fourth-order valence-electron chi connectivity index (χ4n) is 3.37. The first-order valence-corrected chi connectivity index (χ1v) is 9.08. The fourth-order valence-corrected chi connectivity index (χ4v) is 4.24. The minimum Gasteiger partial charge on any atom is -0.380 e. The van der Waals surface area contributed by atoms with E-state index in [1.807, 2.05) is 24.3 Å². The van der Waals surface area contributed by atoms with E-state index in [1.54, 1.807) is 18.4 Å². The molecule has 0 radical (unpaired) electrons. The Morgan fingerprint density at radius 1 is 1.30 bits per heavy atom. The van der Waals surface area contributed by atoms with Crippen molar-refractivity contribution in [2.45, 2.75) is 38.3 Å². The minimum absolute atomic E-state index is 0.00764. The molecule has 0 aliphatic heterocycles. The number of ether oxygens (including phenoxy) is 1. The lowest BCUT2D eigenvalue weighted by molar-refractivity contribution is 0.0922. The average molecular weight is 329 g/mol. The zero-order chi connectivity index (χ0) is 16.1. The van der Waals surface area contributed by atoms with Gasteiger partial charge >= 0.3 is 0 Å². The second-order valence-electron chi connectivity index (χ2n) is 6.14. The highest BCUT2D eigenvalue weighted by Crippen LogP contribution is 2.37. The number of methoxy groups -OCH3 is 1. The van der Waals surface area contributed by atoms with Crippen LogP contribution in [0.15, 0.2) is 41.8 Å². The molecule has 1 heterocycles. The van der Waals surface area contributed by atoms with E-state index < -0.39 is 0 Å². The topological polar surface area (TPSA) is 38.3 Å². The Morgan fingerprint density at radius 2 is 2.13 bits per heavy atom. The molecule has 1 aliphatic rings. The maximum Gasteiger partial charge on any atom is 0.251 e. The highest BCUT2D eigenvalue weighted by atomic mass is 32.1. The Hall–Kier alpha value is -1.65. The van der Waals surface area contributed by atoms with Gasteiger partial charge in [0.05, 0.1) is 12.6 Å². The molecule has 1 aromatic heterocycles. The van der Waals surface area contributed by atoms with Crippen molar-refractivity contribution in [3.8, 4) is 0 Å². The zero-order valence-corrected chi connectivity index (χ0v) is 14.3. The van der Waals surface area contributed by atoms with Crippen LogP contribution in [0, 0.1) is 5.92 Å². The van der Waals surface area contributed by atoms with Crippen molar-refractivity contribution in [1.82, 2.24) is 5.32 Å². The Labute approximate surface area is 141 Å². The first-order valence-electron chi connectivity index (χ1n) is 8.20. The van der Waals surface area contributed by atoms with Gasteiger partial charge in [-0.2, -0.15) is 0 Å². The van der Waals surface area contributed by atoms with Gasteiger partial charge in [0.25, 0.3) is 5.91 Å². The van der Waals surface area contributed by atoms with Crippen molar-refractivity contribution >= 4 is 17.2 Å². The quantitative estimate of drug-likeness (QED) is 0.844. The fraction of sp³-hybridized carbons (Fsp3) is 0.421. The predicted molar refractivity (Wildman–Crippen MR) is 93.6 cm³/mol. The van der Waals surface area contributed by atoms with Gasteiger partial charge in [-0.3, -0.25) is 4.79 Å². The summed E-state index contributed by atoms with van der Waals surface area (Å²) in [7, 11) is 1.67. The van der Waals surface area contributed by atoms with Gasteiger partial charge in [0, 0.05) is 17.6 Å². The van der Waals surface area contributed by atoms with Crippen molar-refractivity contribution in [3.05, 3.63) is 57.8 Å². The van der Waals surface area contributed by atoms with Crippen molar-refractivity contribution in [2.24, 2.45) is 5.92 Å². The molecule has 1 unspecified atom stereocenters. The SMILES string of the molecule is COCc1cccc(C(=O)NC(c2cccs2)C2CCCC2)c1. The third kappa shape index (κ3) is 4.01. The summed E-state index contributed by atoms with van der Waals surface area (Å²) >= 11 is 1.73. The van der Waals surface area contributed by atoms with E-state index in [0.717, 1.165) is 5.56 Å². The Bertz CT molecular complexity index is 633. The molecule has 122 valence electrons. The molecule has 1 atom stereocenters. The second-order valence-corrected chi connectivity index (χ2v) is 7.12. The normalized spacial score (nSPS) is 16.4. The van der Waals surface area contributed by atoms with Crippen LogP contribution in [-0.2, 0) is 11.3 Å². The third-order valence-corrected chi connectivity index (χ3v) is 5.46. The standard InChI is InChI=1S/C19H23NO2S/c1-22-13-14-6-4-9-16(12-14)19(21)20-18(15-7-2-3-8-15)17-10-5-11-23-17/h4-6,9-12,15,18H,2-3,7-8,13H2,1H3,(H,20,21). The molecule has 1 fully saturated rings. The Balaban J connectivity index is 1.76. The van der Waals surface area contributed by atoms with Crippen LogP contribution in [0.4, 0.5) is 0 Å². The smallest absolute Gasteiger partial charge is 0.251 e. The lowest BCUT2D eigenvalue weighted by atomic mass is 9.96. The van der Waals surface area contributed by atoms with E-state index >= 15 is 0 Å². The van der Waals surface area contributed by atoms with E-state index in [-0.39, 0.29) is 11.9 Å². The lowest BCUT2D eigenvalue weighted by Gasteiger charge is -2.24. The first-order chi connectivity index (χ1) is 11.3. The van der Waals surface area contributed by atoms with Crippen LogP contribution in [0.1, 0.15) is 52.5 Å². The van der Waals surface area contributed by atoms with Crippen LogP contribution in [0.25, 0.3) is 0 Å². The number of nitrogens with one attached hydrogen (secondary N) is 1. The molecule has 1 saturated carbocycles. The second kappa shape index (κ2) is 7.75. The van der Waals surface area contributed by atoms with E-state index in [2.05, 4.69) is 22.8 Å². The largest absolute Gasteiger partial charge is 0.380 e. The number of hydrogen-bond acceptors (Lipinski definition) is 3. The van der Waals surface area contributed by atoms with Gasteiger partial charge < -0.3 is 10.1 Å². The Kier molecular flexibility index (Phi) is 5.47. The summed E-state index contributed by atoms with van der Waals surface area (Å²) in [5.74, 6) is 0.563. The molecule has 0 spiro atoms. The van der Waals surface area contributed by atoms with Gasteiger partial charge in [-0.25, -0.2) is 0 Å². The molecular weight excluding hydrogens is 306 g/mol. The van der Waals surface area contributed by atoms with Crippen molar-refractivity contribution in [2.75, 3.05) is 7.11 Å². The number of carbonyl (C=O) groups excluding carboxylic acids is 1. The maximum atomic E-state index is 12.7. The van der Waals surface area contributed by atoms with E-state index in [9.17, 15) is 4.79 Å². The summed E-state index contributed by atoms with van der Waals surface area (Å²) in [4.78, 5) is 14.0. The van der Waals surface area contributed by atoms with Gasteiger partial charge in [-0.1, -0.05) is 31.0 Å². The summed E-state index contributed by atoms with van der Waals surface area (Å²) < 4.78 is 5.15. The number of hydrogen-bond donors (Lipinski definition) is 1. The minimum atomic E-state index is 0.00764. The summed E-state index contributed by atoms with van der Waals surface area (Å²) in [5, 5.41) is 5.36. The van der Waals surface area contributed by atoms with Crippen LogP contribution < -0.4 is 5.32 Å². The Morgan fingerprint density at radius 3 is 2.83 bits per heavy atom. The van der Waals surface area contributed by atoms with Crippen LogP contribution in [0.3, 0.4) is 0 Å². The van der Waals surface area contributed by atoms with E-state index in [1.165, 1.54) is 30.6 Å². The number of rotatable bonds is 6. The molecule has 1 amide bonds. The average Bonchev–Trinajstić information content (AvgIpc) is 3.27. The van der Waals surface area contributed by atoms with Gasteiger partial charge in [-0.05, 0) is 47.9 Å². The molecule has 1 aliphatic carbocycles. The summed E-state index contributed by atoms with van der Waals surface area (Å²) in [6.07, 6.45) is 4.94. The molecule has 0 saturated heterocycles. The molecule has 1 aromatic carbocycles. The van der Waals surface area contributed by atoms with Crippen molar-refractivity contribution in [3.63, 3.8) is 0 Å². The van der Waals surface area contributed by atoms with Crippen LogP contribution in [0.5, 0.6) is 0 Å². The molecule has 4 heteroatoms.